The lowest BCUT2D eigenvalue weighted by Gasteiger charge is -1.96. The Morgan fingerprint density at radius 3 is 2.68 bits per heavy atom. The van der Waals surface area contributed by atoms with Crippen molar-refractivity contribution in [3.8, 4) is 11.3 Å². The molecule has 19 heavy (non-hydrogen) atoms. The first-order valence-electron chi connectivity index (χ1n) is 5.77. The van der Waals surface area contributed by atoms with Gasteiger partial charge in [-0.15, -0.1) is 0 Å². The molecule has 3 aromatic rings. The van der Waals surface area contributed by atoms with Crippen molar-refractivity contribution in [2.75, 3.05) is 0 Å². The molecule has 2 N–H and O–H groups in total. The van der Waals surface area contributed by atoms with Crippen LogP contribution in [-0.2, 0) is 0 Å². The summed E-state index contributed by atoms with van der Waals surface area (Å²) >= 11 is 0. The average Bonchev–Trinajstić information content (AvgIpc) is 2.82. The predicted octanol–water partition coefficient (Wildman–Crippen LogP) is 2.30. The monoisotopic (exact) mass is 253 g/mol. The molecule has 0 saturated carbocycles. The van der Waals surface area contributed by atoms with Gasteiger partial charge in [0.05, 0.1) is 5.39 Å². The van der Waals surface area contributed by atoms with Crippen molar-refractivity contribution in [1.82, 2.24) is 9.97 Å². The van der Waals surface area contributed by atoms with Crippen LogP contribution in [0.15, 0.2) is 40.9 Å². The molecule has 2 heterocycles. The van der Waals surface area contributed by atoms with Gasteiger partial charge in [-0.1, -0.05) is 29.8 Å². The van der Waals surface area contributed by atoms with Crippen LogP contribution < -0.4 is 5.73 Å². The van der Waals surface area contributed by atoms with Crippen LogP contribution in [-0.4, -0.2) is 15.9 Å². The second-order valence-corrected chi connectivity index (χ2v) is 4.30. The Bertz CT molecular complexity index is 760. The summed E-state index contributed by atoms with van der Waals surface area (Å²) < 4.78 is 5.63. The Balaban J connectivity index is 2.11. The van der Waals surface area contributed by atoms with Gasteiger partial charge in [0.1, 0.15) is 5.76 Å². The van der Waals surface area contributed by atoms with E-state index >= 15 is 0 Å². The number of aryl methyl sites for hydroxylation is 1. The lowest BCUT2D eigenvalue weighted by Crippen LogP contribution is -2.14. The van der Waals surface area contributed by atoms with Crippen LogP contribution in [0.5, 0.6) is 0 Å². The van der Waals surface area contributed by atoms with E-state index in [9.17, 15) is 4.79 Å². The van der Waals surface area contributed by atoms with Gasteiger partial charge in [-0.3, -0.25) is 4.79 Å². The van der Waals surface area contributed by atoms with E-state index in [4.69, 9.17) is 10.2 Å². The fourth-order valence-corrected chi connectivity index (χ4v) is 1.81. The number of carbonyl (C=O) groups is 1. The number of furan rings is 1. The van der Waals surface area contributed by atoms with Gasteiger partial charge in [-0.2, -0.15) is 4.98 Å². The number of hydrogen-bond donors (Lipinski definition) is 1. The highest BCUT2D eigenvalue weighted by atomic mass is 16.3. The predicted molar refractivity (Wildman–Crippen MR) is 70.5 cm³/mol. The molecule has 1 amide bonds. The Hall–Kier alpha value is -2.69. The number of carbonyl (C=O) groups excluding carboxylic acids is 1. The highest BCUT2D eigenvalue weighted by Crippen LogP contribution is 2.26. The van der Waals surface area contributed by atoms with Crippen LogP contribution in [0.25, 0.3) is 22.4 Å². The highest BCUT2D eigenvalue weighted by molar-refractivity contribution is 5.91. The molecule has 1 aromatic carbocycles. The van der Waals surface area contributed by atoms with Crippen LogP contribution in [0, 0.1) is 6.92 Å². The molecule has 5 nitrogen and oxygen atoms in total. The normalized spacial score (nSPS) is 10.8. The van der Waals surface area contributed by atoms with Gasteiger partial charge >= 0.3 is 0 Å². The zero-order valence-electron chi connectivity index (χ0n) is 10.3. The summed E-state index contributed by atoms with van der Waals surface area (Å²) in [6.45, 7) is 2.02. The van der Waals surface area contributed by atoms with E-state index in [1.54, 1.807) is 0 Å². The lowest BCUT2D eigenvalue weighted by molar-refractivity contribution is 0.0990. The summed E-state index contributed by atoms with van der Waals surface area (Å²) in [7, 11) is 0. The van der Waals surface area contributed by atoms with Gasteiger partial charge in [0.2, 0.25) is 11.5 Å². The summed E-state index contributed by atoms with van der Waals surface area (Å²) in [6, 6.07) is 9.78. The van der Waals surface area contributed by atoms with Crippen molar-refractivity contribution in [3.63, 3.8) is 0 Å². The van der Waals surface area contributed by atoms with E-state index in [0.717, 1.165) is 10.9 Å². The Morgan fingerprint density at radius 2 is 2.00 bits per heavy atom. The molecular weight excluding hydrogens is 242 g/mol. The van der Waals surface area contributed by atoms with Crippen LogP contribution >= 0.6 is 0 Å². The van der Waals surface area contributed by atoms with Gasteiger partial charge in [-0.05, 0) is 13.0 Å². The SMILES string of the molecule is Cc1ccc(-c2cc3cnc(C(N)=O)nc3o2)cc1. The third-order valence-electron chi connectivity index (χ3n) is 2.83. The Morgan fingerprint density at radius 1 is 1.26 bits per heavy atom. The molecule has 0 atom stereocenters. The van der Waals surface area contributed by atoms with E-state index in [0.29, 0.717) is 11.5 Å². The Kier molecular flexibility index (Phi) is 2.52. The Labute approximate surface area is 109 Å². The first-order chi connectivity index (χ1) is 9.13. The second kappa shape index (κ2) is 4.20. The number of fused-ring (bicyclic) bond motifs is 1. The van der Waals surface area contributed by atoms with Gasteiger partial charge in [0, 0.05) is 11.8 Å². The lowest BCUT2D eigenvalue weighted by atomic mass is 10.1. The number of aromatic nitrogens is 2. The van der Waals surface area contributed by atoms with Crippen LogP contribution in [0.1, 0.15) is 16.2 Å². The molecule has 2 aromatic heterocycles. The molecule has 3 rings (SSSR count). The number of rotatable bonds is 2. The van der Waals surface area contributed by atoms with Crippen molar-refractivity contribution in [2.24, 2.45) is 5.73 Å². The smallest absolute Gasteiger partial charge is 0.286 e. The maximum atomic E-state index is 11.0. The summed E-state index contributed by atoms with van der Waals surface area (Å²) in [5, 5.41) is 0.737. The fraction of sp³-hybridized carbons (Fsp3) is 0.0714. The minimum atomic E-state index is -0.671. The van der Waals surface area contributed by atoms with Crippen molar-refractivity contribution in [3.05, 3.63) is 47.9 Å². The van der Waals surface area contributed by atoms with Crippen molar-refractivity contribution < 1.29 is 9.21 Å². The molecule has 0 saturated heterocycles. The minimum Gasteiger partial charge on any atom is -0.438 e. The molecule has 94 valence electrons. The van der Waals surface area contributed by atoms with Crippen molar-refractivity contribution >= 4 is 17.0 Å². The summed E-state index contributed by atoms with van der Waals surface area (Å²) in [5.74, 6) is -0.0292. The van der Waals surface area contributed by atoms with E-state index in [1.807, 2.05) is 37.3 Å². The van der Waals surface area contributed by atoms with Gasteiger partial charge < -0.3 is 10.2 Å². The zero-order valence-corrected chi connectivity index (χ0v) is 10.3. The number of amides is 1. The average molecular weight is 253 g/mol. The number of primary amides is 1. The second-order valence-electron chi connectivity index (χ2n) is 4.30. The van der Waals surface area contributed by atoms with Crippen LogP contribution in [0.3, 0.4) is 0 Å². The number of nitrogens with two attached hydrogens (primary N) is 1. The highest BCUT2D eigenvalue weighted by Gasteiger charge is 2.11. The molecule has 0 aliphatic rings. The molecule has 0 aliphatic heterocycles. The number of hydrogen-bond acceptors (Lipinski definition) is 4. The maximum absolute atomic E-state index is 11.0. The quantitative estimate of drug-likeness (QED) is 0.759. The van der Waals surface area contributed by atoms with Crippen molar-refractivity contribution in [1.29, 1.82) is 0 Å². The summed E-state index contributed by atoms with van der Waals surface area (Å²) in [6.07, 6.45) is 1.53. The van der Waals surface area contributed by atoms with E-state index in [2.05, 4.69) is 9.97 Å². The topological polar surface area (TPSA) is 82.0 Å². The standard InChI is InChI=1S/C14H11N3O2/c1-8-2-4-9(5-3-8)11-6-10-7-16-13(12(15)18)17-14(10)19-11/h2-7H,1H3,(H2,15,18). The zero-order chi connectivity index (χ0) is 13.4. The molecule has 0 unspecified atom stereocenters. The van der Waals surface area contributed by atoms with Crippen LogP contribution in [0.2, 0.25) is 0 Å². The number of nitrogens with zero attached hydrogens (tertiary/aromatic N) is 2. The molecule has 0 aliphatic carbocycles. The maximum Gasteiger partial charge on any atom is 0.286 e. The van der Waals surface area contributed by atoms with Crippen LogP contribution in [0.4, 0.5) is 0 Å². The van der Waals surface area contributed by atoms with Gasteiger partial charge in [0.15, 0.2) is 0 Å². The fourth-order valence-electron chi connectivity index (χ4n) is 1.81. The van der Waals surface area contributed by atoms with E-state index in [1.165, 1.54) is 11.8 Å². The number of benzene rings is 1. The molecule has 5 heteroatoms. The molecule has 0 spiro atoms. The molecular formula is C14H11N3O2. The summed E-state index contributed by atoms with van der Waals surface area (Å²) in [4.78, 5) is 18.9. The van der Waals surface area contributed by atoms with E-state index in [-0.39, 0.29) is 5.82 Å². The first-order valence-corrected chi connectivity index (χ1v) is 5.77. The molecule has 0 fully saturated rings. The molecule has 0 radical (unpaired) electrons. The van der Waals surface area contributed by atoms with Gasteiger partial charge in [0.25, 0.3) is 5.91 Å². The van der Waals surface area contributed by atoms with E-state index < -0.39 is 5.91 Å². The first kappa shape index (κ1) is 11.4. The summed E-state index contributed by atoms with van der Waals surface area (Å²) in [5.41, 5.74) is 7.62. The molecule has 0 bridgehead atoms. The largest absolute Gasteiger partial charge is 0.438 e. The minimum absolute atomic E-state index is 0.0442. The van der Waals surface area contributed by atoms with Gasteiger partial charge in [-0.25, -0.2) is 4.98 Å². The van der Waals surface area contributed by atoms with Crippen molar-refractivity contribution in [2.45, 2.75) is 6.92 Å². The third-order valence-corrected chi connectivity index (χ3v) is 2.83. The third kappa shape index (κ3) is 2.06.